The molecule has 0 aliphatic carbocycles. The summed E-state index contributed by atoms with van der Waals surface area (Å²) >= 11 is 0. The Kier molecular flexibility index (Phi) is 34.3. The Balaban J connectivity index is 0.00000108. The molecule has 2 fully saturated rings. The molecule has 2 saturated heterocycles. The van der Waals surface area contributed by atoms with Gasteiger partial charge in [-0.2, -0.15) is 6.42 Å². The maximum atomic E-state index is 12.4. The zero-order valence-electron chi connectivity index (χ0n) is 48.0. The first-order valence-corrected chi connectivity index (χ1v) is 25.6. The van der Waals surface area contributed by atoms with Crippen molar-refractivity contribution in [3.8, 4) is 17.2 Å². The van der Waals surface area contributed by atoms with Crippen LogP contribution in [-0.4, -0.2) is 126 Å². The fourth-order valence-electron chi connectivity index (χ4n) is 8.03. The number of methoxy groups -OCH3 is 3. The first-order chi connectivity index (χ1) is 38.3. The van der Waals surface area contributed by atoms with Gasteiger partial charge in [-0.1, -0.05) is 6.42 Å². The van der Waals surface area contributed by atoms with Gasteiger partial charge in [-0.05, 0) is 103 Å². The third kappa shape index (κ3) is 25.1. The number of H-pyrrole nitrogens is 1. The molecule has 2 aliphatic rings. The number of fused-ring (bicyclic) bond motifs is 3. The van der Waals surface area contributed by atoms with Gasteiger partial charge in [0.05, 0.1) is 45.2 Å². The number of unbranched alkanes of at least 4 members (excludes halogenated alkanes) is 1. The number of amides is 3. The summed E-state index contributed by atoms with van der Waals surface area (Å²) < 4.78 is 27.0. The van der Waals surface area contributed by atoms with E-state index < -0.39 is 17.9 Å². The number of esters is 4. The van der Waals surface area contributed by atoms with Gasteiger partial charge >= 0.3 is 83.0 Å². The molecular weight excluding hydrogens is 1100 g/mol. The number of carboxylic acids is 1. The van der Waals surface area contributed by atoms with Crippen molar-refractivity contribution in [2.75, 3.05) is 41.0 Å². The van der Waals surface area contributed by atoms with E-state index in [1.807, 2.05) is 48.7 Å². The van der Waals surface area contributed by atoms with Crippen LogP contribution < -0.4 is 94.4 Å². The SMILES string of the molecule is COc1ccc2[nH]cc(CCNC(C)=O)c2c1.COc1ccc2c(c1)c(CCNC(C)=O)cn2C(=O)CCC(=O)[O-].COc1ccc2c(c1)c(CCNC(C)=O)cn2C(=O)CCC[C-]=O.O=C1CCC(=O)O1.O=C1CCCC(=O)O1.[HH].[Na+].[Na+].[OH-]. The Morgan fingerprint density at radius 3 is 1.35 bits per heavy atom. The summed E-state index contributed by atoms with van der Waals surface area (Å²) in [5, 5.41) is 21.7. The minimum atomic E-state index is -1.26. The molecule has 3 aromatic carbocycles. The number of rotatable bonds is 19. The number of hydrogen-bond donors (Lipinski definition) is 4. The van der Waals surface area contributed by atoms with E-state index in [0.29, 0.717) is 75.2 Å². The molecule has 0 saturated carbocycles. The van der Waals surface area contributed by atoms with E-state index in [2.05, 4.69) is 30.4 Å². The number of aliphatic carboxylic acids is 1. The van der Waals surface area contributed by atoms with Gasteiger partial charge in [-0.25, -0.2) is 0 Å². The summed E-state index contributed by atoms with van der Waals surface area (Å²) in [7, 11) is 4.81. The van der Waals surface area contributed by atoms with Crippen molar-refractivity contribution in [3.05, 3.63) is 89.9 Å². The normalized spacial score (nSPS) is 11.9. The van der Waals surface area contributed by atoms with Crippen LogP contribution in [-0.2, 0) is 71.9 Å². The van der Waals surface area contributed by atoms with E-state index in [1.54, 1.807) is 56.7 Å². The van der Waals surface area contributed by atoms with E-state index in [-0.39, 0.29) is 146 Å². The van der Waals surface area contributed by atoms with Gasteiger partial charge in [-0.3, -0.25) is 58.6 Å². The summed E-state index contributed by atoms with van der Waals surface area (Å²) in [6.45, 7) is 6.03. The van der Waals surface area contributed by atoms with Gasteiger partial charge in [-0.15, -0.1) is 0 Å². The molecule has 24 nitrogen and oxygen atoms in total. The fourth-order valence-corrected chi connectivity index (χ4v) is 8.03. The minimum Gasteiger partial charge on any atom is -0.870 e. The Hall–Kier alpha value is -7.19. The number of nitrogens with one attached hydrogen (secondary N) is 4. The van der Waals surface area contributed by atoms with Crippen LogP contribution in [0.5, 0.6) is 17.2 Å². The molecule has 0 spiro atoms. The smallest absolute Gasteiger partial charge is 0.870 e. The number of carbonyl (C=O) groups excluding carboxylic acids is 11. The molecule has 5 heterocycles. The Labute approximate surface area is 524 Å². The average Bonchev–Trinajstić information content (AvgIpc) is 4.26. The molecule has 8 rings (SSSR count). The van der Waals surface area contributed by atoms with E-state index >= 15 is 0 Å². The minimum absolute atomic E-state index is 0. The number of cyclic esters (lactones) is 4. The zero-order chi connectivity index (χ0) is 58.7. The second kappa shape index (κ2) is 38.6. The van der Waals surface area contributed by atoms with E-state index in [4.69, 9.17) is 14.2 Å². The maximum absolute atomic E-state index is 12.4. The zero-order valence-corrected chi connectivity index (χ0v) is 52.0. The second-order valence-corrected chi connectivity index (χ2v) is 17.9. The predicted molar refractivity (Wildman–Crippen MR) is 293 cm³/mol. The second-order valence-electron chi connectivity index (χ2n) is 17.9. The topological polar surface area (TPSA) is 349 Å². The summed E-state index contributed by atoms with van der Waals surface area (Å²) in [6.07, 6.45) is 11.8. The molecular formula is C57H69N6Na2O18-. The standard InChI is InChI=1S/C18H21N2O4.C17H20N2O5.C13H16N2O2.C5H6O3.C4H4O3.2Na.H2O.H2/c1-13(22)19-9-8-14-12-20(18(23)5-3-4-10-21)17-7-6-15(24-2)11-16(14)17;1-11(20)18-8-7-12-10-19(16(21)5-6-17(22)23)15-4-3-13(24-2)9-14(12)15;1-9(16)14-6-5-10-8-15-13-4-3-11(17-2)7-12(10)13;6-4-2-1-3-5(7)8-4;5-3-1-2-4(6)7-3;;;;/h6-7,11-12H,3-5,8-9H2,1-2H3,(H,19,22);3-4,9-10H,5-8H2,1-2H3,(H,18,20)(H,22,23);3-4,7-8,15H,5-6H2,1-2H3,(H,14,16);1-3H2;1-2H2;;;1H2;1H/q-1;;;;;2*+1;;/p-2. The molecule has 0 bridgehead atoms. The summed E-state index contributed by atoms with van der Waals surface area (Å²) in [5.41, 5.74) is 5.59. The molecule has 2 aliphatic heterocycles. The molecule has 5 N–H and O–H groups in total. The van der Waals surface area contributed by atoms with Crippen LogP contribution in [0.1, 0.15) is 113 Å². The van der Waals surface area contributed by atoms with Crippen molar-refractivity contribution < 1.29 is 148 Å². The number of ether oxygens (including phenoxy) is 5. The first kappa shape index (κ1) is 73.8. The number of aromatic amines is 1. The summed E-state index contributed by atoms with van der Waals surface area (Å²) in [6, 6.07) is 16.8. The number of carboxylic acid groups (broad SMARTS) is 1. The van der Waals surface area contributed by atoms with Crippen molar-refractivity contribution in [1.82, 2.24) is 30.1 Å². The number of benzene rings is 3. The van der Waals surface area contributed by atoms with Gasteiger partial charge in [0, 0.05) is 114 Å². The number of nitrogens with zero attached hydrogens (tertiary/aromatic N) is 2. The largest absolute Gasteiger partial charge is 1.00 e. The van der Waals surface area contributed by atoms with Crippen molar-refractivity contribution >= 4 is 98.4 Å². The summed E-state index contributed by atoms with van der Waals surface area (Å²) in [5.74, 6) is -1.21. The van der Waals surface area contributed by atoms with Crippen LogP contribution in [0.4, 0.5) is 0 Å². The molecule has 3 amide bonds. The van der Waals surface area contributed by atoms with Crippen LogP contribution in [0.3, 0.4) is 0 Å². The Morgan fingerprint density at radius 2 is 0.988 bits per heavy atom. The van der Waals surface area contributed by atoms with E-state index in [1.165, 1.54) is 30.9 Å². The Morgan fingerprint density at radius 1 is 0.590 bits per heavy atom. The average molecular weight is 1170 g/mol. The van der Waals surface area contributed by atoms with Gasteiger partial charge in [0.2, 0.25) is 29.5 Å². The van der Waals surface area contributed by atoms with Crippen LogP contribution >= 0.6 is 0 Å². The maximum Gasteiger partial charge on any atom is 1.00 e. The van der Waals surface area contributed by atoms with E-state index in [0.717, 1.165) is 50.5 Å². The van der Waals surface area contributed by atoms with Gasteiger partial charge in [0.25, 0.3) is 0 Å². The van der Waals surface area contributed by atoms with Crippen LogP contribution in [0.15, 0.2) is 73.2 Å². The number of aromatic nitrogens is 3. The third-order valence-corrected chi connectivity index (χ3v) is 12.0. The fraction of sp³-hybridized carbons (Fsp3) is 0.386. The first-order valence-electron chi connectivity index (χ1n) is 25.6. The van der Waals surface area contributed by atoms with Crippen molar-refractivity contribution in [1.29, 1.82) is 0 Å². The summed E-state index contributed by atoms with van der Waals surface area (Å²) in [4.78, 5) is 122. The van der Waals surface area contributed by atoms with Crippen LogP contribution in [0, 0.1) is 0 Å². The monoisotopic (exact) mass is 1170 g/mol. The van der Waals surface area contributed by atoms with Crippen molar-refractivity contribution in [2.24, 2.45) is 0 Å². The quantitative estimate of drug-likeness (QED) is 0.0243. The Bertz CT molecular complexity index is 3180. The number of carbonyl (C=O) groups is 10. The molecule has 6 aromatic rings. The number of hydrogen-bond acceptors (Lipinski definition) is 18. The van der Waals surface area contributed by atoms with Gasteiger partial charge < -0.3 is 64.8 Å². The molecule has 0 atom stereocenters. The van der Waals surface area contributed by atoms with Crippen LogP contribution in [0.25, 0.3) is 32.7 Å². The van der Waals surface area contributed by atoms with E-state index in [9.17, 15) is 57.8 Å². The van der Waals surface area contributed by atoms with Gasteiger partial charge in [0.1, 0.15) is 17.2 Å². The molecule has 3 aromatic heterocycles. The van der Waals surface area contributed by atoms with Crippen molar-refractivity contribution in [2.45, 2.75) is 104 Å². The predicted octanol–water partition coefficient (Wildman–Crippen LogP) is -1.23. The molecule has 438 valence electrons. The van der Waals surface area contributed by atoms with Gasteiger partial charge in [0.15, 0.2) is 0 Å². The third-order valence-electron chi connectivity index (χ3n) is 12.0. The molecule has 0 unspecified atom stereocenters. The molecule has 0 radical (unpaired) electrons. The van der Waals surface area contributed by atoms with Crippen molar-refractivity contribution in [3.63, 3.8) is 0 Å². The molecule has 26 heteroatoms. The van der Waals surface area contributed by atoms with Crippen LogP contribution in [0.2, 0.25) is 0 Å². The molecule has 83 heavy (non-hydrogen) atoms.